The molecular weight excluding hydrogens is 1070 g/mol. The molecule has 0 bridgehead atoms. The van der Waals surface area contributed by atoms with E-state index in [1.54, 1.807) is 58.1 Å². The van der Waals surface area contributed by atoms with Crippen LogP contribution in [0.4, 0.5) is 4.79 Å². The lowest BCUT2D eigenvalue weighted by Crippen LogP contribution is -2.63. The lowest BCUT2D eigenvalue weighted by molar-refractivity contribution is -0.156. The highest BCUT2D eigenvalue weighted by Crippen LogP contribution is 2.25. The van der Waals surface area contributed by atoms with Crippen LogP contribution in [0.1, 0.15) is 141 Å². The molecule has 0 radical (unpaired) electrons. The zero-order valence-electron chi connectivity index (χ0n) is 53.5. The normalized spacial score (nSPS) is 25.1. The Morgan fingerprint density at radius 2 is 1.06 bits per heavy atom. The summed E-state index contributed by atoms with van der Waals surface area (Å²) in [6.45, 7) is 22.7. The van der Waals surface area contributed by atoms with Crippen molar-refractivity contribution >= 4 is 59.2 Å². The Hall–Kier alpha value is -6.30. The highest BCUT2D eigenvalue weighted by molar-refractivity contribution is 6.01. The van der Waals surface area contributed by atoms with Crippen LogP contribution in [0, 0.1) is 35.5 Å². The largest absolute Gasteiger partial charge is 0.390 e. The van der Waals surface area contributed by atoms with E-state index < -0.39 is 132 Å². The van der Waals surface area contributed by atoms with Crippen molar-refractivity contribution in [2.45, 2.75) is 196 Å². The number of aliphatic hydroxyl groups excluding tert-OH is 1. The molecule has 0 spiro atoms. The van der Waals surface area contributed by atoms with E-state index in [0.29, 0.717) is 31.5 Å². The Morgan fingerprint density at radius 1 is 0.566 bits per heavy atom. The van der Waals surface area contributed by atoms with Gasteiger partial charge in [-0.3, -0.25) is 53.4 Å². The summed E-state index contributed by atoms with van der Waals surface area (Å²) in [5.41, 5.74) is 0. The Morgan fingerprint density at radius 3 is 1.58 bits per heavy atom. The van der Waals surface area contributed by atoms with Gasteiger partial charge in [0.15, 0.2) is 0 Å². The molecule has 0 aliphatic carbocycles. The van der Waals surface area contributed by atoms with Gasteiger partial charge in [0.05, 0.1) is 25.4 Å². The van der Waals surface area contributed by atoms with Crippen molar-refractivity contribution in [3.8, 4) is 0 Å². The molecule has 24 heteroatoms. The van der Waals surface area contributed by atoms with Crippen LogP contribution in [0.2, 0.25) is 0 Å². The van der Waals surface area contributed by atoms with Crippen LogP contribution >= 0.6 is 0 Å². The van der Waals surface area contributed by atoms with Crippen LogP contribution in [0.5, 0.6) is 0 Å². The van der Waals surface area contributed by atoms with Crippen LogP contribution in [0.15, 0.2) is 18.5 Å². The van der Waals surface area contributed by atoms with Gasteiger partial charge in [-0.05, 0) is 100 Å². The van der Waals surface area contributed by atoms with Gasteiger partial charge < -0.3 is 50.5 Å². The number of hydrogen-bond donors (Lipinski definition) is 5. The maximum Gasteiger partial charge on any atom is 0.324 e. The molecule has 11 amide bonds. The molecule has 3 unspecified atom stereocenters. The fourth-order valence-corrected chi connectivity index (χ4v) is 10.3. The van der Waals surface area contributed by atoms with Gasteiger partial charge in [-0.2, -0.15) is 0 Å². The van der Waals surface area contributed by atoms with Gasteiger partial charge in [0, 0.05) is 61.1 Å². The number of aliphatic hydroxyl groups is 1. The second-order valence-electron chi connectivity index (χ2n) is 24.8. The maximum absolute atomic E-state index is 15.2. The first-order valence-electron chi connectivity index (χ1n) is 29.5. The third-order valence-electron chi connectivity index (χ3n) is 15.5. The molecule has 1 saturated heterocycles. The van der Waals surface area contributed by atoms with Crippen LogP contribution in [0.25, 0.3) is 0 Å². The minimum absolute atomic E-state index is 0.0218. The van der Waals surface area contributed by atoms with Crippen molar-refractivity contribution in [2.24, 2.45) is 35.5 Å². The van der Waals surface area contributed by atoms with Crippen molar-refractivity contribution in [3.63, 3.8) is 0 Å². The van der Waals surface area contributed by atoms with Crippen LogP contribution in [0.3, 0.4) is 0 Å². The Balaban J connectivity index is 2.89. The Kier molecular flexibility index (Phi) is 29.7. The van der Waals surface area contributed by atoms with E-state index >= 15 is 9.59 Å². The second-order valence-corrected chi connectivity index (χ2v) is 24.8. The summed E-state index contributed by atoms with van der Waals surface area (Å²) in [7, 11) is 10.1. The summed E-state index contributed by atoms with van der Waals surface area (Å²) in [6, 6.07) is -8.87. The Labute approximate surface area is 494 Å². The van der Waals surface area contributed by atoms with Gasteiger partial charge >= 0.3 is 6.03 Å². The molecule has 1 aromatic heterocycles. The standard InChI is InChI=1S/C59H103N13O11/c1-21-41-55(79)66(14)32-47(73)68(16)43(29-35(4)5)52(76)62-33-67(15)42(28-34(2)3)53(77)63-40(13)51(75)65-59(83)70(18)45(31-37(8)9)56(80)69(17)44(30-36(6)7)57(81)71(19)48(38(10)11)58(82)72(20)49(54(78)64-41)50(74)39(12)24-22-25-46-60-26-23-27-61-46/h23,26-27,34-45,48-50,74H,21-22,24-25,28-33H2,1-20H3,(H,62,76)(H,63,77)(H,64,78)(H,65,75,83)/t39-,40-,41?,42?,43+,44-,45-,48?,49+,50-/m1/s1. The molecule has 2 rings (SSSR count). The van der Waals surface area contributed by atoms with Gasteiger partial charge in [0.1, 0.15) is 48.1 Å². The van der Waals surface area contributed by atoms with Crippen LogP contribution in [-0.4, -0.2) is 226 Å². The quantitative estimate of drug-likeness (QED) is 0.159. The lowest BCUT2D eigenvalue weighted by atomic mass is 9.90. The zero-order valence-corrected chi connectivity index (χ0v) is 53.5. The van der Waals surface area contributed by atoms with E-state index in [1.807, 2.05) is 55.4 Å². The molecule has 1 aliphatic rings. The van der Waals surface area contributed by atoms with E-state index in [9.17, 15) is 43.5 Å². The summed E-state index contributed by atoms with van der Waals surface area (Å²) in [4.78, 5) is 162. The number of imide groups is 1. The third-order valence-corrected chi connectivity index (χ3v) is 15.5. The van der Waals surface area contributed by atoms with Gasteiger partial charge in [-0.15, -0.1) is 0 Å². The fourth-order valence-electron chi connectivity index (χ4n) is 10.3. The maximum atomic E-state index is 15.2. The molecule has 470 valence electrons. The molecule has 0 saturated carbocycles. The molecule has 2 heterocycles. The van der Waals surface area contributed by atoms with E-state index in [4.69, 9.17) is 0 Å². The highest BCUT2D eigenvalue weighted by atomic mass is 16.3. The van der Waals surface area contributed by atoms with Crippen molar-refractivity contribution in [1.82, 2.24) is 65.5 Å². The summed E-state index contributed by atoms with van der Waals surface area (Å²) in [5.74, 6) is -7.07. The predicted molar refractivity (Wildman–Crippen MR) is 316 cm³/mol. The fraction of sp³-hybridized carbons (Fsp3) is 0.763. The summed E-state index contributed by atoms with van der Waals surface area (Å²) in [5, 5.41) is 22.9. The summed E-state index contributed by atoms with van der Waals surface area (Å²) >= 11 is 0. The van der Waals surface area contributed by atoms with Crippen molar-refractivity contribution in [3.05, 3.63) is 24.3 Å². The van der Waals surface area contributed by atoms with E-state index in [1.165, 1.54) is 63.9 Å². The number of urea groups is 1. The SMILES string of the molecule is CCC1NC(=O)[C@H]([C@H](O)[C@H](C)CCCc2ncccn2)N(C)C(=O)C(C(C)C)N(C)C(=O)[C@@H](CC(C)C)N(C)C(=O)[C@@H](CC(C)C)N(C)C(=O)NC(=O)[C@@H](C)NC(=O)C(CC(C)C)N(C)CNC(=O)[C@H](CC(C)C)N(C)C(=O)CN(C)C1=O. The van der Waals surface area contributed by atoms with E-state index in [2.05, 4.69) is 31.2 Å². The molecule has 10 atom stereocenters. The molecule has 0 aromatic carbocycles. The molecule has 5 N–H and O–H groups in total. The highest BCUT2D eigenvalue weighted by Gasteiger charge is 2.45. The topological polar surface area (TPSA) is 288 Å². The minimum Gasteiger partial charge on any atom is -0.390 e. The predicted octanol–water partition coefficient (Wildman–Crippen LogP) is 2.73. The van der Waals surface area contributed by atoms with Crippen LogP contribution < -0.4 is 21.3 Å². The van der Waals surface area contributed by atoms with Gasteiger partial charge in [-0.1, -0.05) is 83.1 Å². The number of nitrogens with one attached hydrogen (secondary N) is 4. The molecular formula is C59H103N13O11. The van der Waals surface area contributed by atoms with Crippen molar-refractivity contribution in [1.29, 1.82) is 0 Å². The second kappa shape index (κ2) is 33.9. The smallest absolute Gasteiger partial charge is 0.324 e. The first-order chi connectivity index (χ1) is 38.6. The van der Waals surface area contributed by atoms with Crippen LogP contribution in [-0.2, 0) is 49.6 Å². The number of carbonyl (C=O) groups excluding carboxylic acids is 10. The monoisotopic (exact) mass is 1170 g/mol. The van der Waals surface area contributed by atoms with Gasteiger partial charge in [-0.25, -0.2) is 14.8 Å². The molecule has 1 aromatic rings. The molecule has 1 aliphatic heterocycles. The third kappa shape index (κ3) is 21.4. The summed E-state index contributed by atoms with van der Waals surface area (Å²) < 4.78 is 0. The summed E-state index contributed by atoms with van der Waals surface area (Å²) in [6.07, 6.45) is 3.92. The number of amides is 11. The number of carbonyl (C=O) groups is 10. The van der Waals surface area contributed by atoms with E-state index in [-0.39, 0.29) is 56.0 Å². The molecule has 1 fully saturated rings. The van der Waals surface area contributed by atoms with E-state index in [0.717, 1.165) is 14.7 Å². The number of rotatable bonds is 16. The van der Waals surface area contributed by atoms with Crippen molar-refractivity contribution in [2.75, 3.05) is 62.5 Å². The number of aromatic nitrogens is 2. The number of aryl methyl sites for hydroxylation is 1. The number of nitrogens with zero attached hydrogens (tertiary/aromatic N) is 9. The Bertz CT molecular complexity index is 2340. The average Bonchev–Trinajstić information content (AvgIpc) is 3.42. The number of hydrogen-bond acceptors (Lipinski definition) is 14. The lowest BCUT2D eigenvalue weighted by Gasteiger charge is -2.41. The number of likely N-dealkylation sites (N-methyl/N-ethyl adjacent to an activating group) is 7. The van der Waals surface area contributed by atoms with Crippen molar-refractivity contribution < 1.29 is 53.1 Å². The first kappa shape index (κ1) is 72.8. The minimum atomic E-state index is -1.62. The van der Waals surface area contributed by atoms with Gasteiger partial charge in [0.25, 0.3) is 0 Å². The molecule has 83 heavy (non-hydrogen) atoms. The van der Waals surface area contributed by atoms with Gasteiger partial charge in [0.2, 0.25) is 53.2 Å². The molecule has 24 nitrogen and oxygen atoms in total. The first-order valence-corrected chi connectivity index (χ1v) is 29.5. The zero-order chi connectivity index (χ0) is 63.5. The average molecular weight is 1170 g/mol.